The minimum absolute atomic E-state index is 0.0469. The molecule has 3 N–H and O–H groups in total. The molecule has 0 aliphatic carbocycles. The molecule has 46 heavy (non-hydrogen) atoms. The first kappa shape index (κ1) is 32.7. The van der Waals surface area contributed by atoms with E-state index in [-0.39, 0.29) is 11.6 Å². The molecule has 1 heterocycles. The Hall–Kier alpha value is -4.70. The van der Waals surface area contributed by atoms with Crippen molar-refractivity contribution in [3.63, 3.8) is 0 Å². The van der Waals surface area contributed by atoms with Crippen molar-refractivity contribution in [2.75, 3.05) is 10.6 Å². The number of carbonyl (C=O) groups is 3. The number of amides is 3. The molecule has 1 aromatic heterocycles. The summed E-state index contributed by atoms with van der Waals surface area (Å²) in [6.45, 7) is 5.84. The highest BCUT2D eigenvalue weighted by Gasteiger charge is 2.19. The molecule has 0 radical (unpaired) electrons. The summed E-state index contributed by atoms with van der Waals surface area (Å²) in [6.07, 6.45) is 1.57. The van der Waals surface area contributed by atoms with E-state index in [1.165, 1.54) is 28.7 Å². The van der Waals surface area contributed by atoms with Crippen LogP contribution in [0.3, 0.4) is 0 Å². The van der Waals surface area contributed by atoms with Crippen LogP contribution >= 0.6 is 34.7 Å². The van der Waals surface area contributed by atoms with Crippen LogP contribution in [0.4, 0.5) is 10.8 Å². The molecule has 232 valence electrons. The Labute approximate surface area is 281 Å². The summed E-state index contributed by atoms with van der Waals surface area (Å²) in [4.78, 5) is 46.0. The van der Waals surface area contributed by atoms with Gasteiger partial charge in [0, 0.05) is 31.6 Å². The average molecular weight is 667 g/mol. The van der Waals surface area contributed by atoms with E-state index in [9.17, 15) is 14.4 Å². The molecule has 5 rings (SSSR count). The normalized spacial score (nSPS) is 11.9. The van der Waals surface area contributed by atoms with Gasteiger partial charge in [0.1, 0.15) is 5.70 Å². The molecule has 0 bridgehead atoms. The standard InChI is InChI=1S/C36H31ClN4O3S2/c1-22-15-17-26(18-16-22)32-23(2)46-36(40-32)41-33(42)24(3)45-30-14-8-13-29(21-30)38-35(44)31(20-25-9-7-12-28(37)19-25)39-34(43)27-10-5-4-6-11-27/h4-21,24H,1-3H3,(H,38,44)(H,39,43)(H,40,41,42)/b31-20-. The number of carbonyl (C=O) groups excluding carboxylic acids is 3. The van der Waals surface area contributed by atoms with Gasteiger partial charge in [-0.3, -0.25) is 14.4 Å². The van der Waals surface area contributed by atoms with E-state index in [4.69, 9.17) is 11.6 Å². The van der Waals surface area contributed by atoms with Crippen LogP contribution in [-0.2, 0) is 9.59 Å². The van der Waals surface area contributed by atoms with Gasteiger partial charge in [-0.2, -0.15) is 0 Å². The predicted molar refractivity (Wildman–Crippen MR) is 189 cm³/mol. The van der Waals surface area contributed by atoms with Crippen LogP contribution in [0.5, 0.6) is 0 Å². The SMILES string of the molecule is Cc1ccc(-c2nc(NC(=O)C(C)Sc3cccc(NC(=O)/C(=C/c4cccc(Cl)c4)NC(=O)c4ccccc4)c3)sc2C)cc1. The van der Waals surface area contributed by atoms with Gasteiger partial charge in [0.2, 0.25) is 5.91 Å². The van der Waals surface area contributed by atoms with E-state index in [1.807, 2.05) is 57.2 Å². The number of rotatable bonds is 10. The zero-order valence-corrected chi connectivity index (χ0v) is 27.7. The number of nitrogens with zero attached hydrogens (tertiary/aromatic N) is 1. The van der Waals surface area contributed by atoms with Crippen LogP contribution in [0.1, 0.15) is 33.3 Å². The highest BCUT2D eigenvalue weighted by Crippen LogP contribution is 2.32. The number of thiazole rings is 1. The van der Waals surface area contributed by atoms with E-state index in [0.29, 0.717) is 27.0 Å². The molecule has 0 aliphatic heterocycles. The molecule has 1 unspecified atom stereocenters. The quantitative estimate of drug-likeness (QED) is 0.102. The molecule has 0 saturated heterocycles. The third-order valence-corrected chi connectivity index (χ3v) is 9.03. The lowest BCUT2D eigenvalue weighted by Gasteiger charge is -2.14. The van der Waals surface area contributed by atoms with Gasteiger partial charge in [0.05, 0.1) is 10.9 Å². The number of hydrogen-bond acceptors (Lipinski definition) is 6. The summed E-state index contributed by atoms with van der Waals surface area (Å²) in [5, 5.41) is 9.15. The molecule has 10 heteroatoms. The van der Waals surface area contributed by atoms with Crippen molar-refractivity contribution >= 4 is 69.3 Å². The molecule has 4 aromatic carbocycles. The van der Waals surface area contributed by atoms with Crippen LogP contribution in [-0.4, -0.2) is 28.0 Å². The van der Waals surface area contributed by atoms with Crippen molar-refractivity contribution in [2.24, 2.45) is 0 Å². The van der Waals surface area contributed by atoms with Gasteiger partial charge in [0.15, 0.2) is 5.13 Å². The first-order valence-electron chi connectivity index (χ1n) is 14.4. The Kier molecular flexibility index (Phi) is 10.7. The van der Waals surface area contributed by atoms with Crippen molar-refractivity contribution in [1.82, 2.24) is 10.3 Å². The Morgan fingerprint density at radius 2 is 1.61 bits per heavy atom. The van der Waals surface area contributed by atoms with Gasteiger partial charge in [-0.1, -0.05) is 77.8 Å². The maximum absolute atomic E-state index is 13.5. The minimum atomic E-state index is -0.513. The lowest BCUT2D eigenvalue weighted by Crippen LogP contribution is -2.30. The van der Waals surface area contributed by atoms with Crippen molar-refractivity contribution in [1.29, 1.82) is 0 Å². The van der Waals surface area contributed by atoms with Crippen molar-refractivity contribution in [3.8, 4) is 11.3 Å². The summed E-state index contributed by atoms with van der Waals surface area (Å²) >= 11 is 8.95. The maximum Gasteiger partial charge on any atom is 0.272 e. The number of thioether (sulfide) groups is 1. The zero-order valence-electron chi connectivity index (χ0n) is 25.3. The molecule has 0 spiro atoms. The fraction of sp³-hybridized carbons (Fsp3) is 0.111. The lowest BCUT2D eigenvalue weighted by atomic mass is 10.1. The monoisotopic (exact) mass is 666 g/mol. The van der Waals surface area contributed by atoms with Gasteiger partial charge >= 0.3 is 0 Å². The number of halogens is 1. The predicted octanol–water partition coefficient (Wildman–Crippen LogP) is 8.61. The third kappa shape index (κ3) is 8.72. The van der Waals surface area contributed by atoms with Crippen LogP contribution in [0.15, 0.2) is 114 Å². The van der Waals surface area contributed by atoms with Gasteiger partial charge in [0.25, 0.3) is 11.8 Å². The minimum Gasteiger partial charge on any atom is -0.321 e. The number of aromatic nitrogens is 1. The zero-order chi connectivity index (χ0) is 32.6. The second-order valence-electron chi connectivity index (χ2n) is 10.5. The van der Waals surface area contributed by atoms with Crippen LogP contribution < -0.4 is 16.0 Å². The van der Waals surface area contributed by atoms with Gasteiger partial charge in [-0.15, -0.1) is 23.1 Å². The highest BCUT2D eigenvalue weighted by atomic mass is 35.5. The lowest BCUT2D eigenvalue weighted by molar-refractivity contribution is -0.115. The number of benzene rings is 4. The fourth-order valence-electron chi connectivity index (χ4n) is 4.44. The van der Waals surface area contributed by atoms with Gasteiger partial charge in [-0.05, 0) is 74.9 Å². The van der Waals surface area contributed by atoms with Gasteiger partial charge < -0.3 is 16.0 Å². The van der Waals surface area contributed by atoms with E-state index >= 15 is 0 Å². The molecule has 5 aromatic rings. The summed E-state index contributed by atoms with van der Waals surface area (Å²) in [5.74, 6) is -1.12. The molecular formula is C36H31ClN4O3S2. The van der Waals surface area contributed by atoms with Crippen molar-refractivity contribution in [3.05, 3.63) is 135 Å². The molecule has 0 fully saturated rings. The van der Waals surface area contributed by atoms with E-state index in [1.54, 1.807) is 72.8 Å². The second kappa shape index (κ2) is 15.1. The first-order chi connectivity index (χ1) is 22.1. The Morgan fingerprint density at radius 3 is 2.35 bits per heavy atom. The molecule has 1 atom stereocenters. The largest absolute Gasteiger partial charge is 0.321 e. The van der Waals surface area contributed by atoms with Crippen LogP contribution in [0, 0.1) is 13.8 Å². The molecule has 0 aliphatic rings. The van der Waals surface area contributed by atoms with Gasteiger partial charge in [-0.25, -0.2) is 4.98 Å². The van der Waals surface area contributed by atoms with E-state index < -0.39 is 17.1 Å². The summed E-state index contributed by atoms with van der Waals surface area (Å²) in [7, 11) is 0. The fourth-order valence-corrected chi connectivity index (χ4v) is 6.41. The first-order valence-corrected chi connectivity index (χ1v) is 16.5. The second-order valence-corrected chi connectivity index (χ2v) is 13.5. The van der Waals surface area contributed by atoms with E-state index in [0.717, 1.165) is 21.0 Å². The average Bonchev–Trinajstić information content (AvgIpc) is 3.41. The number of nitrogens with one attached hydrogen (secondary N) is 3. The summed E-state index contributed by atoms with van der Waals surface area (Å²) < 4.78 is 0. The molecule has 3 amide bonds. The summed E-state index contributed by atoms with van der Waals surface area (Å²) in [5.41, 5.74) is 4.65. The molecule has 0 saturated carbocycles. The van der Waals surface area contributed by atoms with Crippen LogP contribution in [0.25, 0.3) is 17.3 Å². The number of hydrogen-bond donors (Lipinski definition) is 3. The van der Waals surface area contributed by atoms with Crippen LogP contribution in [0.2, 0.25) is 5.02 Å². The Bertz CT molecular complexity index is 1910. The number of aryl methyl sites for hydroxylation is 2. The molecule has 7 nitrogen and oxygen atoms in total. The molecular weight excluding hydrogens is 636 g/mol. The van der Waals surface area contributed by atoms with Crippen molar-refractivity contribution in [2.45, 2.75) is 30.9 Å². The Balaban J connectivity index is 1.26. The number of anilines is 2. The van der Waals surface area contributed by atoms with E-state index in [2.05, 4.69) is 20.9 Å². The summed E-state index contributed by atoms with van der Waals surface area (Å²) in [6, 6.07) is 30.9. The maximum atomic E-state index is 13.5. The smallest absolute Gasteiger partial charge is 0.272 e. The highest BCUT2D eigenvalue weighted by molar-refractivity contribution is 8.00. The topological polar surface area (TPSA) is 100 Å². The van der Waals surface area contributed by atoms with Crippen molar-refractivity contribution < 1.29 is 14.4 Å². The third-order valence-electron chi connectivity index (χ3n) is 6.81. The Morgan fingerprint density at radius 1 is 0.870 bits per heavy atom.